The maximum atomic E-state index is 12.1. The molecule has 0 heterocycles. The van der Waals surface area contributed by atoms with Gasteiger partial charge in [0.15, 0.2) is 0 Å². The zero-order valence-corrected chi connectivity index (χ0v) is 13.2. The third kappa shape index (κ3) is 2.54. The zero-order chi connectivity index (χ0) is 14.5. The normalized spacial score (nSPS) is 43.0. The Morgan fingerprint density at radius 1 is 0.905 bits per heavy atom. The minimum atomic E-state index is -0.425. The van der Waals surface area contributed by atoms with E-state index >= 15 is 0 Å². The second kappa shape index (κ2) is 4.83. The van der Waals surface area contributed by atoms with E-state index in [0.29, 0.717) is 0 Å². The Morgan fingerprint density at radius 3 is 1.81 bits per heavy atom. The number of nitrogens with one attached hydrogen (secondary N) is 1. The highest BCUT2D eigenvalue weighted by Gasteiger charge is 2.49. The van der Waals surface area contributed by atoms with Gasteiger partial charge >= 0.3 is 6.09 Å². The lowest BCUT2D eigenvalue weighted by atomic mass is 9.97. The second-order valence-electron chi connectivity index (χ2n) is 7.57. The Hall–Kier alpha value is -0.840. The highest BCUT2D eigenvalue weighted by atomic mass is 32.1. The predicted molar refractivity (Wildman–Crippen MR) is 81.9 cm³/mol. The van der Waals surface area contributed by atoms with Crippen molar-refractivity contribution in [3.8, 4) is 0 Å². The van der Waals surface area contributed by atoms with Gasteiger partial charge in [-0.25, -0.2) is 4.79 Å². The minimum Gasteiger partial charge on any atom is -0.464 e. The molecule has 0 atom stereocenters. The highest BCUT2D eigenvalue weighted by molar-refractivity contribution is 7.80. The van der Waals surface area contributed by atoms with Gasteiger partial charge in [-0.15, -0.1) is 0 Å². The monoisotopic (exact) mass is 309 g/mol. The number of carbonyl (C=O) groups excluding carboxylic acids is 1. The SMILES string of the molecule is O=C(NC(=S)OC12CCC(CC1)C2)OC12CCC(CC1)C2. The van der Waals surface area contributed by atoms with Crippen LogP contribution in [0.5, 0.6) is 0 Å². The van der Waals surface area contributed by atoms with Crippen LogP contribution in [-0.4, -0.2) is 22.5 Å². The van der Waals surface area contributed by atoms with Gasteiger partial charge in [0.05, 0.1) is 0 Å². The van der Waals surface area contributed by atoms with E-state index in [-0.39, 0.29) is 16.4 Å². The van der Waals surface area contributed by atoms with E-state index in [2.05, 4.69) is 5.32 Å². The fraction of sp³-hybridized carbons (Fsp3) is 0.875. The number of fused-ring (bicyclic) bond motifs is 4. The van der Waals surface area contributed by atoms with E-state index in [1.54, 1.807) is 0 Å². The lowest BCUT2D eigenvalue weighted by Crippen LogP contribution is -2.42. The third-order valence-corrected chi connectivity index (χ3v) is 6.36. The molecule has 0 unspecified atom stereocenters. The Morgan fingerprint density at radius 2 is 1.38 bits per heavy atom. The van der Waals surface area contributed by atoms with Crippen molar-refractivity contribution in [1.82, 2.24) is 5.32 Å². The van der Waals surface area contributed by atoms with Gasteiger partial charge in [-0.1, -0.05) is 0 Å². The molecule has 116 valence electrons. The van der Waals surface area contributed by atoms with Gasteiger partial charge < -0.3 is 9.47 Å². The molecule has 0 aliphatic heterocycles. The van der Waals surface area contributed by atoms with Crippen molar-refractivity contribution in [2.45, 2.75) is 75.4 Å². The van der Waals surface area contributed by atoms with Crippen molar-refractivity contribution in [2.24, 2.45) is 11.8 Å². The van der Waals surface area contributed by atoms with Gasteiger partial charge in [0.2, 0.25) is 0 Å². The number of carbonyl (C=O) groups is 1. The molecular weight excluding hydrogens is 286 g/mol. The molecule has 0 spiro atoms. The molecule has 4 bridgehead atoms. The quantitative estimate of drug-likeness (QED) is 0.791. The topological polar surface area (TPSA) is 47.6 Å². The second-order valence-corrected chi connectivity index (χ2v) is 7.94. The van der Waals surface area contributed by atoms with Crippen LogP contribution in [0.25, 0.3) is 0 Å². The lowest BCUT2D eigenvalue weighted by Gasteiger charge is -2.29. The van der Waals surface area contributed by atoms with Gasteiger partial charge in [-0.3, -0.25) is 5.32 Å². The summed E-state index contributed by atoms with van der Waals surface area (Å²) in [7, 11) is 0. The first-order chi connectivity index (χ1) is 10.1. The van der Waals surface area contributed by atoms with Gasteiger partial charge in [-0.2, -0.15) is 0 Å². The van der Waals surface area contributed by atoms with Crippen LogP contribution in [0.2, 0.25) is 0 Å². The van der Waals surface area contributed by atoms with E-state index in [1.165, 1.54) is 25.7 Å². The smallest absolute Gasteiger partial charge is 0.415 e. The Balaban J connectivity index is 1.29. The standard InChI is InChI=1S/C16H23NO3S/c18-13(19-15-5-1-11(9-15)2-6-15)17-14(21)20-16-7-3-12(10-16)4-8-16/h11-12H,1-10H2,(H,17,18,21). The first kappa shape index (κ1) is 13.8. The van der Waals surface area contributed by atoms with Crippen LogP contribution in [-0.2, 0) is 9.47 Å². The summed E-state index contributed by atoms with van der Waals surface area (Å²) < 4.78 is 11.6. The third-order valence-electron chi connectivity index (χ3n) is 6.18. The van der Waals surface area contributed by atoms with Crippen molar-refractivity contribution < 1.29 is 14.3 Å². The molecule has 1 N–H and O–H groups in total. The first-order valence-corrected chi connectivity index (χ1v) is 8.70. The molecule has 0 aromatic carbocycles. The molecule has 0 saturated heterocycles. The Bertz CT molecular complexity index is 420. The fourth-order valence-corrected chi connectivity index (χ4v) is 5.35. The van der Waals surface area contributed by atoms with Crippen molar-refractivity contribution in [3.63, 3.8) is 0 Å². The highest BCUT2D eigenvalue weighted by Crippen LogP contribution is 2.51. The average Bonchev–Trinajstić information content (AvgIpc) is 3.16. The van der Waals surface area contributed by atoms with Gasteiger partial charge in [0.25, 0.3) is 5.17 Å². The van der Waals surface area contributed by atoms with E-state index in [9.17, 15) is 4.79 Å². The molecular formula is C16H23NO3S. The maximum absolute atomic E-state index is 12.1. The average molecular weight is 309 g/mol. The molecule has 4 saturated carbocycles. The Kier molecular flexibility index (Phi) is 3.18. The van der Waals surface area contributed by atoms with Crippen LogP contribution in [0.3, 0.4) is 0 Å². The van der Waals surface area contributed by atoms with Gasteiger partial charge in [0, 0.05) is 0 Å². The van der Waals surface area contributed by atoms with Crippen LogP contribution in [0.1, 0.15) is 64.2 Å². The summed E-state index contributed by atoms with van der Waals surface area (Å²) in [5.41, 5.74) is -0.312. The Labute approximate surface area is 130 Å². The fourth-order valence-electron chi connectivity index (χ4n) is 5.09. The van der Waals surface area contributed by atoms with Crippen molar-refractivity contribution in [1.29, 1.82) is 0 Å². The molecule has 1 amide bonds. The summed E-state index contributed by atoms with van der Waals surface area (Å²) >= 11 is 5.21. The molecule has 5 heteroatoms. The van der Waals surface area contributed by atoms with Crippen LogP contribution >= 0.6 is 12.2 Å². The predicted octanol–water partition coefficient (Wildman–Crippen LogP) is 3.68. The van der Waals surface area contributed by atoms with Crippen LogP contribution in [0.15, 0.2) is 0 Å². The van der Waals surface area contributed by atoms with Gasteiger partial charge in [-0.05, 0) is 88.3 Å². The van der Waals surface area contributed by atoms with Crippen LogP contribution < -0.4 is 5.32 Å². The molecule has 4 aliphatic rings. The number of thiocarbonyl (C=S) groups is 1. The molecule has 4 fully saturated rings. The summed E-state index contributed by atoms with van der Waals surface area (Å²) in [6.07, 6.45) is 10.7. The number of hydrogen-bond acceptors (Lipinski definition) is 4. The largest absolute Gasteiger partial charge is 0.464 e. The summed E-state index contributed by atoms with van der Waals surface area (Å²) in [5.74, 6) is 1.56. The van der Waals surface area contributed by atoms with E-state index in [1.807, 2.05) is 0 Å². The molecule has 4 nitrogen and oxygen atoms in total. The summed E-state index contributed by atoms with van der Waals surface area (Å²) in [6.45, 7) is 0. The van der Waals surface area contributed by atoms with Gasteiger partial charge in [0.1, 0.15) is 11.2 Å². The molecule has 21 heavy (non-hydrogen) atoms. The first-order valence-electron chi connectivity index (χ1n) is 8.30. The molecule has 0 aromatic rings. The summed E-state index contributed by atoms with van der Waals surface area (Å²) in [4.78, 5) is 12.1. The van der Waals surface area contributed by atoms with Crippen molar-refractivity contribution >= 4 is 23.5 Å². The summed E-state index contributed by atoms with van der Waals surface area (Å²) in [5, 5.41) is 2.84. The number of hydrogen-bond donors (Lipinski definition) is 1. The molecule has 4 aliphatic carbocycles. The van der Waals surface area contributed by atoms with Crippen LogP contribution in [0.4, 0.5) is 4.79 Å². The van der Waals surface area contributed by atoms with Crippen molar-refractivity contribution in [2.75, 3.05) is 0 Å². The molecule has 0 radical (unpaired) electrons. The minimum absolute atomic E-state index is 0.0981. The van der Waals surface area contributed by atoms with E-state index in [4.69, 9.17) is 21.7 Å². The molecule has 0 aromatic heterocycles. The number of rotatable bonds is 2. The number of amides is 1. The van der Waals surface area contributed by atoms with Crippen molar-refractivity contribution in [3.05, 3.63) is 0 Å². The number of ether oxygens (including phenoxy) is 2. The maximum Gasteiger partial charge on any atom is 0.415 e. The van der Waals surface area contributed by atoms with E-state index in [0.717, 1.165) is 50.4 Å². The zero-order valence-electron chi connectivity index (χ0n) is 12.4. The lowest BCUT2D eigenvalue weighted by molar-refractivity contribution is 0.0182. The molecule has 4 rings (SSSR count). The number of alkyl carbamates (subject to hydrolysis) is 1. The summed E-state index contributed by atoms with van der Waals surface area (Å²) in [6, 6.07) is 0. The van der Waals surface area contributed by atoms with Crippen LogP contribution in [0, 0.1) is 11.8 Å². The van der Waals surface area contributed by atoms with E-state index < -0.39 is 6.09 Å².